The van der Waals surface area contributed by atoms with Crippen LogP contribution in [0.4, 0.5) is 8.78 Å². The van der Waals surface area contributed by atoms with E-state index in [4.69, 9.17) is 5.11 Å². The van der Waals surface area contributed by atoms with E-state index < -0.39 is 0 Å². The Morgan fingerprint density at radius 3 is 1.90 bits per heavy atom. The van der Waals surface area contributed by atoms with E-state index >= 15 is 0 Å². The van der Waals surface area contributed by atoms with Gasteiger partial charge in [-0.05, 0) is 67.7 Å². The van der Waals surface area contributed by atoms with Crippen molar-refractivity contribution in [1.82, 2.24) is 0 Å². The Bertz CT molecular complexity index is 717. The lowest BCUT2D eigenvalue weighted by Gasteiger charge is -2.11. The van der Waals surface area contributed by atoms with Crippen molar-refractivity contribution in [3.63, 3.8) is 0 Å². The zero-order valence-corrected chi connectivity index (χ0v) is 19.5. The van der Waals surface area contributed by atoms with E-state index in [1.807, 2.05) is 26.0 Å². The Balaban J connectivity index is 0.000000280. The molecule has 2 fully saturated rings. The van der Waals surface area contributed by atoms with Crippen molar-refractivity contribution in [3.8, 4) is 0 Å². The summed E-state index contributed by atoms with van der Waals surface area (Å²) in [5.41, 5.74) is 2.01. The maximum atomic E-state index is 13.8. The number of hydrogen-bond acceptors (Lipinski definition) is 1. The van der Waals surface area contributed by atoms with Crippen molar-refractivity contribution in [2.45, 2.75) is 72.1 Å². The Kier molecular flexibility index (Phi) is 14.5. The topological polar surface area (TPSA) is 20.2 Å². The van der Waals surface area contributed by atoms with Crippen LogP contribution in [0.1, 0.15) is 77.7 Å². The standard InChI is InChI=1S/C16H21F.C6H5F.C4H8O.C2H6/c1-2-7-14(12-13-8-3-4-9-13)15-10-5-6-11-16(15)17;7-6-4-2-1-3-5-6;5-3-4-1-2-4;1-2/h5-6,10-13H,2-4,7-9H2,1H3;1-5H;4-5H,1-3H2;1-2H3/b14-12+;;;. The average Bonchev–Trinajstić information content (AvgIpc) is 3.52. The Morgan fingerprint density at radius 1 is 0.903 bits per heavy atom. The van der Waals surface area contributed by atoms with Crippen molar-refractivity contribution in [3.05, 3.63) is 77.9 Å². The van der Waals surface area contributed by atoms with Crippen LogP contribution in [-0.2, 0) is 0 Å². The molecule has 1 N–H and O–H groups in total. The molecule has 2 aromatic rings. The molecule has 0 spiro atoms. The number of benzene rings is 2. The molecule has 0 radical (unpaired) electrons. The normalized spacial score (nSPS) is 15.6. The predicted molar refractivity (Wildman–Crippen MR) is 129 cm³/mol. The van der Waals surface area contributed by atoms with Gasteiger partial charge in [-0.15, -0.1) is 0 Å². The van der Waals surface area contributed by atoms with Gasteiger partial charge in [0.2, 0.25) is 0 Å². The average molecular weight is 431 g/mol. The Morgan fingerprint density at radius 2 is 1.48 bits per heavy atom. The number of halogens is 2. The van der Waals surface area contributed by atoms with Gasteiger partial charge in [-0.2, -0.15) is 0 Å². The highest BCUT2D eigenvalue weighted by molar-refractivity contribution is 5.66. The van der Waals surface area contributed by atoms with Gasteiger partial charge in [0.25, 0.3) is 0 Å². The molecule has 2 saturated carbocycles. The van der Waals surface area contributed by atoms with Crippen LogP contribution in [0, 0.1) is 23.5 Å². The molecule has 0 bridgehead atoms. The zero-order valence-electron chi connectivity index (χ0n) is 19.5. The van der Waals surface area contributed by atoms with E-state index in [-0.39, 0.29) is 11.6 Å². The van der Waals surface area contributed by atoms with Gasteiger partial charge in [0.05, 0.1) is 0 Å². The molecule has 0 aromatic heterocycles. The molecular weight excluding hydrogens is 390 g/mol. The number of aliphatic hydroxyl groups is 1. The van der Waals surface area contributed by atoms with E-state index in [2.05, 4.69) is 13.0 Å². The summed E-state index contributed by atoms with van der Waals surface area (Å²) in [5, 5.41) is 8.21. The summed E-state index contributed by atoms with van der Waals surface area (Å²) in [6.07, 6.45) is 12.1. The minimum atomic E-state index is -0.178. The minimum absolute atomic E-state index is 0.0785. The van der Waals surface area contributed by atoms with Crippen LogP contribution < -0.4 is 0 Å². The largest absolute Gasteiger partial charge is 0.396 e. The highest BCUT2D eigenvalue weighted by atomic mass is 19.1. The second-order valence-electron chi connectivity index (χ2n) is 7.89. The first-order valence-corrected chi connectivity index (χ1v) is 11.9. The molecule has 172 valence electrons. The van der Waals surface area contributed by atoms with Gasteiger partial charge >= 0.3 is 0 Å². The van der Waals surface area contributed by atoms with Crippen LogP contribution in [0.25, 0.3) is 5.57 Å². The first-order chi connectivity index (χ1) is 15.1. The van der Waals surface area contributed by atoms with Crippen LogP contribution in [0.5, 0.6) is 0 Å². The van der Waals surface area contributed by atoms with Gasteiger partial charge in [0.1, 0.15) is 11.6 Å². The SMILES string of the molecule is CC.CCC/C(=C\C1CCCC1)c1ccccc1F.Fc1ccccc1.OCC1CC1. The van der Waals surface area contributed by atoms with Gasteiger partial charge in [-0.3, -0.25) is 0 Å². The lowest BCUT2D eigenvalue weighted by molar-refractivity contribution is 0.277. The minimum Gasteiger partial charge on any atom is -0.396 e. The summed E-state index contributed by atoms with van der Waals surface area (Å²) in [4.78, 5) is 0. The number of hydrogen-bond donors (Lipinski definition) is 1. The molecule has 0 saturated heterocycles. The van der Waals surface area contributed by atoms with E-state index in [0.29, 0.717) is 18.4 Å². The van der Waals surface area contributed by atoms with Gasteiger partial charge in [-0.25, -0.2) is 8.78 Å². The molecule has 0 heterocycles. The van der Waals surface area contributed by atoms with Gasteiger partial charge in [0, 0.05) is 12.2 Å². The first-order valence-electron chi connectivity index (χ1n) is 11.9. The van der Waals surface area contributed by atoms with Gasteiger partial charge in [0.15, 0.2) is 0 Å². The van der Waals surface area contributed by atoms with E-state index in [0.717, 1.165) is 18.4 Å². The maximum absolute atomic E-state index is 13.8. The molecule has 4 rings (SSSR count). The van der Waals surface area contributed by atoms with Crippen molar-refractivity contribution in [2.75, 3.05) is 6.61 Å². The molecular formula is C28H40F2O. The lowest BCUT2D eigenvalue weighted by atomic mass is 9.95. The molecule has 0 unspecified atom stereocenters. The molecule has 2 aliphatic rings. The summed E-state index contributed by atoms with van der Waals surface area (Å²) in [7, 11) is 0. The second-order valence-corrected chi connectivity index (χ2v) is 7.89. The molecule has 2 aliphatic carbocycles. The molecule has 2 aromatic carbocycles. The second kappa shape index (κ2) is 16.7. The van der Waals surface area contributed by atoms with Crippen LogP contribution in [0.15, 0.2) is 60.7 Å². The van der Waals surface area contributed by atoms with Crippen molar-refractivity contribution >= 4 is 5.57 Å². The summed E-state index contributed by atoms with van der Waals surface area (Å²) >= 11 is 0. The van der Waals surface area contributed by atoms with Crippen LogP contribution >= 0.6 is 0 Å². The van der Waals surface area contributed by atoms with Crippen molar-refractivity contribution < 1.29 is 13.9 Å². The number of aliphatic hydroxyl groups excluding tert-OH is 1. The fourth-order valence-corrected chi connectivity index (χ4v) is 3.42. The Labute approximate surface area is 188 Å². The van der Waals surface area contributed by atoms with Crippen LogP contribution in [0.2, 0.25) is 0 Å². The van der Waals surface area contributed by atoms with Gasteiger partial charge < -0.3 is 5.11 Å². The van der Waals surface area contributed by atoms with Crippen LogP contribution in [0.3, 0.4) is 0 Å². The third kappa shape index (κ3) is 11.8. The molecule has 0 atom stereocenters. The monoisotopic (exact) mass is 430 g/mol. The quantitative estimate of drug-likeness (QED) is 0.504. The van der Waals surface area contributed by atoms with Gasteiger partial charge in [-0.1, -0.05) is 82.5 Å². The number of allylic oxidation sites excluding steroid dienone is 2. The summed E-state index contributed by atoms with van der Waals surface area (Å²) in [6, 6.07) is 15.1. The lowest BCUT2D eigenvalue weighted by Crippen LogP contribution is -1.94. The summed E-state index contributed by atoms with van der Waals surface area (Å²) < 4.78 is 25.7. The third-order valence-electron chi connectivity index (χ3n) is 5.26. The summed E-state index contributed by atoms with van der Waals surface area (Å²) in [6.45, 7) is 6.57. The zero-order chi connectivity index (χ0) is 22.9. The molecule has 0 aliphatic heterocycles. The van der Waals surface area contributed by atoms with Crippen molar-refractivity contribution in [1.29, 1.82) is 0 Å². The van der Waals surface area contributed by atoms with E-state index in [9.17, 15) is 8.78 Å². The fourth-order valence-electron chi connectivity index (χ4n) is 3.42. The first kappa shape index (κ1) is 27.0. The Hall–Kier alpha value is -2.00. The summed E-state index contributed by atoms with van der Waals surface area (Å²) in [5.74, 6) is 1.11. The molecule has 0 amide bonds. The van der Waals surface area contributed by atoms with E-state index in [1.54, 1.807) is 30.3 Å². The molecule has 31 heavy (non-hydrogen) atoms. The predicted octanol–water partition coefficient (Wildman–Crippen LogP) is 8.44. The highest BCUT2D eigenvalue weighted by Gasteiger charge is 2.18. The van der Waals surface area contributed by atoms with E-state index in [1.165, 1.54) is 56.2 Å². The molecule has 1 nitrogen and oxygen atoms in total. The maximum Gasteiger partial charge on any atom is 0.130 e. The fraction of sp³-hybridized carbons (Fsp3) is 0.500. The number of rotatable bonds is 5. The van der Waals surface area contributed by atoms with Crippen molar-refractivity contribution in [2.24, 2.45) is 11.8 Å². The van der Waals surface area contributed by atoms with Crippen LogP contribution in [-0.4, -0.2) is 11.7 Å². The molecule has 3 heteroatoms. The smallest absolute Gasteiger partial charge is 0.130 e. The highest BCUT2D eigenvalue weighted by Crippen LogP contribution is 2.31. The third-order valence-corrected chi connectivity index (χ3v) is 5.26.